The molecule has 3 heterocycles. The number of primary amides is 1. The first-order valence-electron chi connectivity index (χ1n) is 8.20. The van der Waals surface area contributed by atoms with Crippen LogP contribution >= 0.6 is 11.3 Å². The number of anilines is 1. The van der Waals surface area contributed by atoms with Crippen LogP contribution in [0, 0.1) is 5.92 Å². The monoisotopic (exact) mass is 337 g/mol. The fourth-order valence-corrected chi connectivity index (χ4v) is 4.21. The van der Waals surface area contributed by atoms with Gasteiger partial charge in [0, 0.05) is 24.6 Å². The third-order valence-electron chi connectivity index (χ3n) is 4.70. The molecule has 1 amide bonds. The second-order valence-electron chi connectivity index (χ2n) is 6.19. The van der Waals surface area contributed by atoms with Gasteiger partial charge >= 0.3 is 0 Å². The number of hydrogen-bond acceptors (Lipinski definition) is 4. The van der Waals surface area contributed by atoms with Gasteiger partial charge in [-0.15, -0.1) is 11.3 Å². The fourth-order valence-electron chi connectivity index (χ4n) is 3.34. The number of rotatable bonds is 3. The highest BCUT2D eigenvalue weighted by atomic mass is 32.1. The topological polar surface area (TPSA) is 59.2 Å². The molecule has 0 saturated carbocycles. The molecule has 1 fully saturated rings. The van der Waals surface area contributed by atoms with Gasteiger partial charge in [-0.2, -0.15) is 0 Å². The molecule has 2 N–H and O–H groups in total. The van der Waals surface area contributed by atoms with E-state index in [1.807, 2.05) is 18.2 Å². The van der Waals surface area contributed by atoms with Gasteiger partial charge < -0.3 is 10.6 Å². The molecule has 0 radical (unpaired) electrons. The molecular weight excluding hydrogens is 318 g/mol. The minimum atomic E-state index is -0.171. The summed E-state index contributed by atoms with van der Waals surface area (Å²) in [6.07, 6.45) is 1.65. The van der Waals surface area contributed by atoms with Crippen LogP contribution in [0.2, 0.25) is 0 Å². The molecule has 5 heteroatoms. The molecule has 1 aliphatic heterocycles. The molecule has 122 valence electrons. The second kappa shape index (κ2) is 6.24. The number of fused-ring (bicyclic) bond motifs is 1. The molecule has 1 aliphatic rings. The van der Waals surface area contributed by atoms with E-state index < -0.39 is 0 Å². The summed E-state index contributed by atoms with van der Waals surface area (Å²) < 4.78 is 1.22. The molecule has 1 saturated heterocycles. The Morgan fingerprint density at radius 3 is 2.62 bits per heavy atom. The van der Waals surface area contributed by atoms with E-state index in [1.54, 1.807) is 11.3 Å². The number of piperidine rings is 1. The summed E-state index contributed by atoms with van der Waals surface area (Å²) in [5.41, 5.74) is 9.83. The van der Waals surface area contributed by atoms with Crippen molar-refractivity contribution >= 4 is 33.1 Å². The fraction of sp³-hybridized carbons (Fsp3) is 0.263. The maximum atomic E-state index is 11.4. The Hall–Kier alpha value is -2.40. The van der Waals surface area contributed by atoms with Crippen LogP contribution in [-0.4, -0.2) is 24.0 Å². The standard InChI is InChI=1S/C19H19N3OS/c20-19(23)14-6-9-22(10-7-14)17-12-16(13-4-2-1-3-5-13)21-15-8-11-24-18(15)17/h1-5,8,11-12,14H,6-7,9-10H2,(H2,20,23). The van der Waals surface area contributed by atoms with Crippen molar-refractivity contribution in [1.29, 1.82) is 0 Å². The van der Waals surface area contributed by atoms with Crippen LogP contribution in [0.4, 0.5) is 5.69 Å². The lowest BCUT2D eigenvalue weighted by atomic mass is 9.96. The van der Waals surface area contributed by atoms with Crippen molar-refractivity contribution in [2.75, 3.05) is 18.0 Å². The van der Waals surface area contributed by atoms with Gasteiger partial charge in [-0.1, -0.05) is 30.3 Å². The Kier molecular flexibility index (Phi) is 3.94. The first-order chi connectivity index (χ1) is 11.7. The summed E-state index contributed by atoms with van der Waals surface area (Å²) >= 11 is 1.72. The van der Waals surface area contributed by atoms with Crippen molar-refractivity contribution in [2.45, 2.75) is 12.8 Å². The SMILES string of the molecule is NC(=O)C1CCN(c2cc(-c3ccccc3)nc3ccsc23)CC1. The lowest BCUT2D eigenvalue weighted by Crippen LogP contribution is -2.38. The van der Waals surface area contributed by atoms with Crippen molar-refractivity contribution in [3.05, 3.63) is 47.8 Å². The molecule has 2 aromatic heterocycles. The Morgan fingerprint density at radius 1 is 1.17 bits per heavy atom. The Bertz CT molecular complexity index is 867. The molecule has 24 heavy (non-hydrogen) atoms. The Morgan fingerprint density at radius 2 is 1.92 bits per heavy atom. The van der Waals surface area contributed by atoms with Gasteiger partial charge in [-0.25, -0.2) is 4.98 Å². The normalized spacial score (nSPS) is 15.8. The summed E-state index contributed by atoms with van der Waals surface area (Å²) in [6, 6.07) is 14.5. The van der Waals surface area contributed by atoms with E-state index >= 15 is 0 Å². The maximum Gasteiger partial charge on any atom is 0.220 e. The smallest absolute Gasteiger partial charge is 0.220 e. The van der Waals surface area contributed by atoms with Crippen LogP contribution in [0.15, 0.2) is 47.8 Å². The zero-order chi connectivity index (χ0) is 16.5. The average Bonchev–Trinajstić information content (AvgIpc) is 3.10. The minimum absolute atomic E-state index is 0.00973. The number of thiophene rings is 1. The largest absolute Gasteiger partial charge is 0.370 e. The van der Waals surface area contributed by atoms with Crippen LogP contribution < -0.4 is 10.6 Å². The number of nitrogens with zero attached hydrogens (tertiary/aromatic N) is 2. The number of aromatic nitrogens is 1. The van der Waals surface area contributed by atoms with Gasteiger partial charge in [-0.3, -0.25) is 4.79 Å². The highest BCUT2D eigenvalue weighted by Gasteiger charge is 2.25. The van der Waals surface area contributed by atoms with Crippen molar-refractivity contribution in [3.63, 3.8) is 0 Å². The molecule has 0 spiro atoms. The lowest BCUT2D eigenvalue weighted by Gasteiger charge is -2.32. The Balaban J connectivity index is 1.72. The molecule has 0 bridgehead atoms. The van der Waals surface area contributed by atoms with Gasteiger partial charge in [0.2, 0.25) is 5.91 Å². The van der Waals surface area contributed by atoms with E-state index in [9.17, 15) is 4.79 Å². The number of carbonyl (C=O) groups is 1. The first kappa shape index (κ1) is 15.1. The van der Waals surface area contributed by atoms with E-state index in [-0.39, 0.29) is 11.8 Å². The van der Waals surface area contributed by atoms with Crippen LogP contribution in [0.25, 0.3) is 21.5 Å². The number of benzene rings is 1. The molecule has 1 aromatic carbocycles. The first-order valence-corrected chi connectivity index (χ1v) is 9.08. The maximum absolute atomic E-state index is 11.4. The highest BCUT2D eigenvalue weighted by molar-refractivity contribution is 7.17. The highest BCUT2D eigenvalue weighted by Crippen LogP contribution is 2.36. The van der Waals surface area contributed by atoms with Gasteiger partial charge in [0.1, 0.15) is 0 Å². The molecule has 0 atom stereocenters. The van der Waals surface area contributed by atoms with Gasteiger partial charge in [0.05, 0.1) is 21.6 Å². The summed E-state index contributed by atoms with van der Waals surface area (Å²) in [5.74, 6) is -0.161. The number of nitrogens with two attached hydrogens (primary N) is 1. The second-order valence-corrected chi connectivity index (χ2v) is 7.11. The van der Waals surface area contributed by atoms with Crippen LogP contribution in [0.5, 0.6) is 0 Å². The van der Waals surface area contributed by atoms with E-state index in [1.165, 1.54) is 10.4 Å². The number of amides is 1. The molecule has 4 nitrogen and oxygen atoms in total. The van der Waals surface area contributed by atoms with Crippen LogP contribution in [0.3, 0.4) is 0 Å². The molecule has 0 unspecified atom stereocenters. The van der Waals surface area contributed by atoms with Gasteiger partial charge in [0.25, 0.3) is 0 Å². The Labute approximate surface area is 144 Å². The quantitative estimate of drug-likeness (QED) is 0.793. The van der Waals surface area contributed by atoms with Crippen LogP contribution in [0.1, 0.15) is 12.8 Å². The van der Waals surface area contributed by atoms with E-state index in [0.29, 0.717) is 0 Å². The van der Waals surface area contributed by atoms with Gasteiger partial charge in [0.15, 0.2) is 0 Å². The number of carbonyl (C=O) groups excluding carboxylic acids is 1. The summed E-state index contributed by atoms with van der Waals surface area (Å²) in [4.78, 5) is 18.6. The molecule has 3 aromatic rings. The summed E-state index contributed by atoms with van der Waals surface area (Å²) in [5, 5.41) is 2.09. The molecule has 0 aliphatic carbocycles. The summed E-state index contributed by atoms with van der Waals surface area (Å²) in [7, 11) is 0. The van der Waals surface area contributed by atoms with E-state index in [4.69, 9.17) is 10.7 Å². The third kappa shape index (κ3) is 2.76. The van der Waals surface area contributed by atoms with E-state index in [2.05, 4.69) is 34.5 Å². The average molecular weight is 337 g/mol. The number of hydrogen-bond donors (Lipinski definition) is 1. The van der Waals surface area contributed by atoms with E-state index in [0.717, 1.165) is 42.7 Å². The zero-order valence-corrected chi connectivity index (χ0v) is 14.1. The molecular formula is C19H19N3OS. The predicted octanol–water partition coefficient (Wildman–Crippen LogP) is 3.67. The lowest BCUT2D eigenvalue weighted by molar-refractivity contribution is -0.122. The minimum Gasteiger partial charge on any atom is -0.370 e. The van der Waals surface area contributed by atoms with Crippen molar-refractivity contribution in [1.82, 2.24) is 4.98 Å². The van der Waals surface area contributed by atoms with Crippen molar-refractivity contribution in [2.24, 2.45) is 11.7 Å². The number of pyridine rings is 1. The zero-order valence-electron chi connectivity index (χ0n) is 13.3. The predicted molar refractivity (Wildman–Crippen MR) is 99.2 cm³/mol. The van der Waals surface area contributed by atoms with Gasteiger partial charge in [-0.05, 0) is 30.4 Å². The summed E-state index contributed by atoms with van der Waals surface area (Å²) in [6.45, 7) is 1.72. The van der Waals surface area contributed by atoms with Crippen molar-refractivity contribution < 1.29 is 4.79 Å². The van der Waals surface area contributed by atoms with Crippen LogP contribution in [-0.2, 0) is 4.79 Å². The molecule has 4 rings (SSSR count). The van der Waals surface area contributed by atoms with Crippen molar-refractivity contribution in [3.8, 4) is 11.3 Å². The third-order valence-corrected chi connectivity index (χ3v) is 5.63.